The van der Waals surface area contributed by atoms with Crippen LogP contribution in [-0.2, 0) is 11.3 Å². The Hall–Kier alpha value is -2.33. The average Bonchev–Trinajstić information content (AvgIpc) is 2.60. The maximum absolute atomic E-state index is 12.2. The summed E-state index contributed by atoms with van der Waals surface area (Å²) in [7, 11) is 0. The van der Waals surface area contributed by atoms with Gasteiger partial charge < -0.3 is 14.8 Å². The highest BCUT2D eigenvalue weighted by molar-refractivity contribution is 5.94. The highest BCUT2D eigenvalue weighted by Gasteiger charge is 2.06. The molecule has 1 amide bonds. The van der Waals surface area contributed by atoms with E-state index >= 15 is 0 Å². The summed E-state index contributed by atoms with van der Waals surface area (Å²) in [6.07, 6.45) is 1.02. The fraction of sp³-hybridized carbons (Fsp3) is 0.350. The van der Waals surface area contributed by atoms with Crippen LogP contribution in [0.4, 0.5) is 0 Å². The minimum absolute atomic E-state index is 0.0929. The molecule has 2 aromatic carbocycles. The second kappa shape index (κ2) is 9.73. The van der Waals surface area contributed by atoms with Crippen LogP contribution >= 0.6 is 0 Å². The van der Waals surface area contributed by atoms with Gasteiger partial charge in [-0.1, -0.05) is 36.4 Å². The maximum Gasteiger partial charge on any atom is 0.251 e. The van der Waals surface area contributed by atoms with E-state index < -0.39 is 0 Å². The molecule has 4 heteroatoms. The number of benzene rings is 2. The van der Waals surface area contributed by atoms with E-state index in [-0.39, 0.29) is 12.0 Å². The zero-order valence-electron chi connectivity index (χ0n) is 14.3. The molecular weight excluding hydrogens is 302 g/mol. The summed E-state index contributed by atoms with van der Waals surface area (Å²) in [6, 6.07) is 17.2. The number of carbonyl (C=O) groups excluding carboxylic acids is 1. The van der Waals surface area contributed by atoms with E-state index in [1.54, 1.807) is 12.1 Å². The number of ether oxygens (including phenoxy) is 2. The molecule has 0 saturated carbocycles. The number of hydrogen-bond acceptors (Lipinski definition) is 3. The van der Waals surface area contributed by atoms with Gasteiger partial charge in [0.25, 0.3) is 5.91 Å². The molecule has 0 unspecified atom stereocenters. The second-order valence-electron chi connectivity index (χ2n) is 5.83. The summed E-state index contributed by atoms with van der Waals surface area (Å²) in [5, 5.41) is 2.90. The van der Waals surface area contributed by atoms with Gasteiger partial charge in [-0.05, 0) is 44.0 Å². The van der Waals surface area contributed by atoms with Gasteiger partial charge in [-0.2, -0.15) is 0 Å². The molecule has 0 aromatic heterocycles. The van der Waals surface area contributed by atoms with Crippen LogP contribution in [-0.4, -0.2) is 25.2 Å². The Balaban J connectivity index is 1.79. The molecule has 128 valence electrons. The molecule has 0 bridgehead atoms. The van der Waals surface area contributed by atoms with E-state index in [0.29, 0.717) is 31.1 Å². The first kappa shape index (κ1) is 18.0. The summed E-state index contributed by atoms with van der Waals surface area (Å²) < 4.78 is 11.2. The lowest BCUT2D eigenvalue weighted by molar-refractivity contribution is 0.0757. The molecule has 1 N–H and O–H groups in total. The van der Waals surface area contributed by atoms with Gasteiger partial charge in [-0.15, -0.1) is 0 Å². The van der Waals surface area contributed by atoms with Crippen molar-refractivity contribution in [2.24, 2.45) is 0 Å². The molecule has 0 fully saturated rings. The Bertz CT molecular complexity index is 626. The Labute approximate surface area is 143 Å². The number of rotatable bonds is 9. The molecule has 0 aliphatic rings. The third kappa shape index (κ3) is 6.42. The first-order valence-electron chi connectivity index (χ1n) is 8.32. The molecule has 2 rings (SSSR count). The lowest BCUT2D eigenvalue weighted by atomic mass is 10.2. The van der Waals surface area contributed by atoms with Crippen LogP contribution in [0.1, 0.15) is 36.2 Å². The van der Waals surface area contributed by atoms with Crippen molar-refractivity contribution in [1.82, 2.24) is 5.32 Å². The summed E-state index contributed by atoms with van der Waals surface area (Å²) in [6.45, 7) is 5.73. The summed E-state index contributed by atoms with van der Waals surface area (Å²) in [5.41, 5.74) is 1.70. The minimum atomic E-state index is -0.0929. The van der Waals surface area contributed by atoms with E-state index in [0.717, 1.165) is 12.0 Å². The van der Waals surface area contributed by atoms with Crippen molar-refractivity contribution in [3.05, 3.63) is 65.7 Å². The van der Waals surface area contributed by atoms with Gasteiger partial charge in [0.15, 0.2) is 0 Å². The van der Waals surface area contributed by atoms with Gasteiger partial charge in [0.2, 0.25) is 0 Å². The van der Waals surface area contributed by atoms with Crippen LogP contribution in [0, 0.1) is 0 Å². The van der Waals surface area contributed by atoms with E-state index in [1.165, 1.54) is 0 Å². The molecular formula is C20H25NO3. The monoisotopic (exact) mass is 327 g/mol. The Kier molecular flexibility index (Phi) is 7.30. The molecule has 0 heterocycles. The normalized spacial score (nSPS) is 10.6. The number of nitrogens with one attached hydrogen (secondary N) is 1. The molecule has 2 aromatic rings. The van der Waals surface area contributed by atoms with Crippen molar-refractivity contribution >= 4 is 5.91 Å². The van der Waals surface area contributed by atoms with Crippen LogP contribution in [0.15, 0.2) is 54.6 Å². The second-order valence-corrected chi connectivity index (χ2v) is 5.83. The molecule has 0 aliphatic carbocycles. The van der Waals surface area contributed by atoms with Gasteiger partial charge in [0.1, 0.15) is 12.4 Å². The van der Waals surface area contributed by atoms with Crippen LogP contribution in [0.5, 0.6) is 5.75 Å². The first-order chi connectivity index (χ1) is 11.6. The quantitative estimate of drug-likeness (QED) is 0.713. The summed E-state index contributed by atoms with van der Waals surface area (Å²) in [5.74, 6) is 0.597. The largest absolute Gasteiger partial charge is 0.489 e. The van der Waals surface area contributed by atoms with Crippen LogP contribution in [0.3, 0.4) is 0 Å². The van der Waals surface area contributed by atoms with Gasteiger partial charge in [0.05, 0.1) is 6.10 Å². The smallest absolute Gasteiger partial charge is 0.251 e. The molecule has 0 radical (unpaired) electrons. The maximum atomic E-state index is 12.2. The lowest BCUT2D eigenvalue weighted by Crippen LogP contribution is -2.25. The third-order valence-electron chi connectivity index (χ3n) is 3.40. The van der Waals surface area contributed by atoms with Gasteiger partial charge >= 0.3 is 0 Å². The molecule has 0 atom stereocenters. The summed E-state index contributed by atoms with van der Waals surface area (Å²) in [4.78, 5) is 12.2. The number of amides is 1. The average molecular weight is 327 g/mol. The SMILES string of the molecule is CC(C)OCCCNC(=O)c1cccc(OCc2ccccc2)c1. The fourth-order valence-electron chi connectivity index (χ4n) is 2.16. The van der Waals surface area contributed by atoms with Crippen LogP contribution in [0.2, 0.25) is 0 Å². The van der Waals surface area contributed by atoms with Crippen molar-refractivity contribution in [2.75, 3.05) is 13.2 Å². The standard InChI is InChI=1S/C20H25NO3/c1-16(2)23-13-7-12-21-20(22)18-10-6-11-19(14-18)24-15-17-8-4-3-5-9-17/h3-6,8-11,14,16H,7,12-13,15H2,1-2H3,(H,21,22). The van der Waals surface area contributed by atoms with Crippen molar-refractivity contribution < 1.29 is 14.3 Å². The number of carbonyl (C=O) groups is 1. The number of hydrogen-bond donors (Lipinski definition) is 1. The zero-order chi connectivity index (χ0) is 17.2. The predicted molar refractivity (Wildman–Crippen MR) is 95.3 cm³/mol. The third-order valence-corrected chi connectivity index (χ3v) is 3.40. The Morgan fingerprint density at radius 1 is 1.08 bits per heavy atom. The van der Waals surface area contributed by atoms with Crippen LogP contribution < -0.4 is 10.1 Å². The van der Waals surface area contributed by atoms with Gasteiger partial charge in [-0.3, -0.25) is 4.79 Å². The molecule has 0 aliphatic heterocycles. The Morgan fingerprint density at radius 2 is 1.88 bits per heavy atom. The molecule has 0 spiro atoms. The molecule has 0 saturated heterocycles. The van der Waals surface area contributed by atoms with Crippen LogP contribution in [0.25, 0.3) is 0 Å². The zero-order valence-corrected chi connectivity index (χ0v) is 14.3. The topological polar surface area (TPSA) is 47.6 Å². The highest BCUT2D eigenvalue weighted by Crippen LogP contribution is 2.15. The predicted octanol–water partition coefficient (Wildman–Crippen LogP) is 3.81. The van der Waals surface area contributed by atoms with Crippen molar-refractivity contribution in [3.63, 3.8) is 0 Å². The minimum Gasteiger partial charge on any atom is -0.489 e. The highest BCUT2D eigenvalue weighted by atomic mass is 16.5. The van der Waals surface area contributed by atoms with E-state index in [9.17, 15) is 4.79 Å². The Morgan fingerprint density at radius 3 is 2.62 bits per heavy atom. The summed E-state index contributed by atoms with van der Waals surface area (Å²) >= 11 is 0. The molecule has 4 nitrogen and oxygen atoms in total. The van der Waals surface area contributed by atoms with Gasteiger partial charge in [0, 0.05) is 18.7 Å². The van der Waals surface area contributed by atoms with E-state index in [1.807, 2.05) is 56.3 Å². The molecule has 24 heavy (non-hydrogen) atoms. The van der Waals surface area contributed by atoms with E-state index in [2.05, 4.69) is 5.32 Å². The fourth-order valence-corrected chi connectivity index (χ4v) is 2.16. The van der Waals surface area contributed by atoms with Crippen molar-refractivity contribution in [2.45, 2.75) is 33.0 Å². The van der Waals surface area contributed by atoms with Crippen molar-refractivity contribution in [1.29, 1.82) is 0 Å². The first-order valence-corrected chi connectivity index (χ1v) is 8.32. The van der Waals surface area contributed by atoms with Crippen molar-refractivity contribution in [3.8, 4) is 5.75 Å². The lowest BCUT2D eigenvalue weighted by Gasteiger charge is -2.10. The van der Waals surface area contributed by atoms with Gasteiger partial charge in [-0.25, -0.2) is 0 Å². The van der Waals surface area contributed by atoms with E-state index in [4.69, 9.17) is 9.47 Å².